The van der Waals surface area contributed by atoms with Gasteiger partial charge in [-0.05, 0) is 19.4 Å². The van der Waals surface area contributed by atoms with Crippen LogP contribution in [0.25, 0.3) is 0 Å². The number of carbonyl (C=O) groups excluding carboxylic acids is 1. The quantitative estimate of drug-likeness (QED) is 0.516. The second kappa shape index (κ2) is 9.23. The molecule has 0 spiro atoms. The van der Waals surface area contributed by atoms with Crippen molar-refractivity contribution in [3.8, 4) is 0 Å². The zero-order chi connectivity index (χ0) is 18.4. The lowest BCUT2D eigenvalue weighted by Crippen LogP contribution is -2.24. The van der Waals surface area contributed by atoms with Gasteiger partial charge in [0.15, 0.2) is 11.0 Å². The summed E-state index contributed by atoms with van der Waals surface area (Å²) >= 11 is 12.9. The molecule has 0 unspecified atom stereocenters. The number of anilines is 1. The average molecular weight is 406 g/mol. The van der Waals surface area contributed by atoms with Crippen LogP contribution in [0.3, 0.4) is 0 Å². The van der Waals surface area contributed by atoms with Crippen molar-refractivity contribution in [2.75, 3.05) is 19.0 Å². The molecule has 2 aromatic heterocycles. The number of carbonyl (C=O) groups is 1. The van der Waals surface area contributed by atoms with Crippen molar-refractivity contribution in [2.45, 2.75) is 30.3 Å². The minimum atomic E-state index is -0.523. The fraction of sp³-hybridized carbons (Fsp3) is 0.429. The molecule has 11 heteroatoms. The van der Waals surface area contributed by atoms with E-state index in [0.29, 0.717) is 29.8 Å². The van der Waals surface area contributed by atoms with Gasteiger partial charge in [0.05, 0.1) is 15.3 Å². The number of H-pyrrole nitrogens is 1. The summed E-state index contributed by atoms with van der Waals surface area (Å²) in [6.07, 6.45) is 2.05. The maximum atomic E-state index is 12.3. The number of amides is 1. The van der Waals surface area contributed by atoms with Crippen LogP contribution in [0.4, 0.5) is 5.82 Å². The lowest BCUT2D eigenvalue weighted by atomic mass is 10.4. The van der Waals surface area contributed by atoms with Gasteiger partial charge in [0.1, 0.15) is 0 Å². The van der Waals surface area contributed by atoms with Gasteiger partial charge in [0.25, 0.3) is 0 Å². The summed E-state index contributed by atoms with van der Waals surface area (Å²) in [5, 5.41) is 9.51. The van der Waals surface area contributed by atoms with Crippen molar-refractivity contribution in [3.63, 3.8) is 0 Å². The van der Waals surface area contributed by atoms with E-state index in [1.54, 1.807) is 14.0 Å². The highest BCUT2D eigenvalue weighted by molar-refractivity contribution is 8.00. The molecule has 136 valence electrons. The van der Waals surface area contributed by atoms with Crippen molar-refractivity contribution in [3.05, 3.63) is 32.8 Å². The van der Waals surface area contributed by atoms with Crippen LogP contribution in [0.1, 0.15) is 13.3 Å². The lowest BCUT2D eigenvalue weighted by molar-refractivity contribution is -0.115. The molecule has 0 saturated heterocycles. The van der Waals surface area contributed by atoms with Gasteiger partial charge in [-0.25, -0.2) is 14.9 Å². The summed E-state index contributed by atoms with van der Waals surface area (Å²) in [6.45, 7) is 2.67. The molecule has 2 aromatic rings. The van der Waals surface area contributed by atoms with Gasteiger partial charge in [-0.3, -0.25) is 9.36 Å². The number of rotatable bonds is 8. The van der Waals surface area contributed by atoms with Crippen LogP contribution in [0, 0.1) is 0 Å². The van der Waals surface area contributed by atoms with E-state index in [1.807, 2.05) is 0 Å². The fourth-order valence-electron chi connectivity index (χ4n) is 1.89. The molecule has 1 amide bonds. The van der Waals surface area contributed by atoms with Crippen molar-refractivity contribution in [1.82, 2.24) is 19.7 Å². The number of hydrogen-bond acceptors (Lipinski definition) is 6. The van der Waals surface area contributed by atoms with Crippen LogP contribution >= 0.6 is 35.0 Å². The van der Waals surface area contributed by atoms with Gasteiger partial charge < -0.3 is 10.1 Å². The van der Waals surface area contributed by atoms with E-state index in [9.17, 15) is 9.59 Å². The number of hydrogen-bond donors (Lipinski definition) is 2. The summed E-state index contributed by atoms with van der Waals surface area (Å²) in [5.41, 5.74) is -0.325. The first kappa shape index (κ1) is 19.8. The fourth-order valence-corrected chi connectivity index (χ4v) is 3.20. The van der Waals surface area contributed by atoms with Crippen molar-refractivity contribution in [2.24, 2.45) is 0 Å². The van der Waals surface area contributed by atoms with Crippen molar-refractivity contribution in [1.29, 1.82) is 0 Å². The molecular weight excluding hydrogens is 389 g/mol. The van der Waals surface area contributed by atoms with Crippen molar-refractivity contribution >= 4 is 46.7 Å². The summed E-state index contributed by atoms with van der Waals surface area (Å²) in [6, 6.07) is 1.49. The molecule has 0 aliphatic rings. The third-order valence-corrected chi connectivity index (χ3v) is 4.74. The smallest absolute Gasteiger partial charge is 0.343 e. The summed E-state index contributed by atoms with van der Waals surface area (Å²) in [5.74, 6) is -0.0938. The zero-order valence-electron chi connectivity index (χ0n) is 13.6. The van der Waals surface area contributed by atoms with Gasteiger partial charge in [-0.1, -0.05) is 35.0 Å². The first-order valence-corrected chi connectivity index (χ1v) is 8.98. The van der Waals surface area contributed by atoms with Gasteiger partial charge in [0, 0.05) is 26.5 Å². The third-order valence-electron chi connectivity index (χ3n) is 3.15. The number of aromatic amines is 1. The lowest BCUT2D eigenvalue weighted by Gasteiger charge is -2.12. The van der Waals surface area contributed by atoms with Gasteiger partial charge in [-0.15, -0.1) is 5.10 Å². The Morgan fingerprint density at radius 2 is 2.28 bits per heavy atom. The number of ether oxygens (including phenoxy) is 1. The number of nitrogens with one attached hydrogen (secondary N) is 2. The molecule has 0 aliphatic carbocycles. The first-order valence-electron chi connectivity index (χ1n) is 7.35. The molecule has 0 aromatic carbocycles. The summed E-state index contributed by atoms with van der Waals surface area (Å²) in [7, 11) is 1.59. The van der Waals surface area contributed by atoms with Gasteiger partial charge in [0.2, 0.25) is 5.91 Å². The minimum absolute atomic E-state index is 0.225. The molecule has 2 N–H and O–H groups in total. The monoisotopic (exact) mass is 405 g/mol. The van der Waals surface area contributed by atoms with Gasteiger partial charge >= 0.3 is 5.69 Å². The number of methoxy groups -OCH3 is 1. The highest BCUT2D eigenvalue weighted by atomic mass is 35.5. The largest absolute Gasteiger partial charge is 0.385 e. The van der Waals surface area contributed by atoms with E-state index in [0.717, 1.165) is 11.8 Å². The van der Waals surface area contributed by atoms with E-state index in [1.165, 1.54) is 16.8 Å². The first-order chi connectivity index (χ1) is 11.9. The molecule has 2 heterocycles. The van der Waals surface area contributed by atoms with E-state index >= 15 is 0 Å². The van der Waals surface area contributed by atoms with Crippen LogP contribution in [-0.2, 0) is 16.1 Å². The standard InChI is InChI=1S/C14H17Cl2N5O3S/c1-8(12(22)18-11-10(16)6-9(15)7-17-11)25-14-20-19-13(23)21(14)4-3-5-24-2/h6-8H,3-5H2,1-2H3,(H,19,23)(H,17,18,22)/t8-/m0/s1. The predicted molar refractivity (Wildman–Crippen MR) is 97.5 cm³/mol. The predicted octanol–water partition coefficient (Wildman–Crippen LogP) is 2.43. The Hall–Kier alpha value is -1.55. The third kappa shape index (κ3) is 5.46. The number of aromatic nitrogens is 4. The molecule has 25 heavy (non-hydrogen) atoms. The molecule has 1 atom stereocenters. The highest BCUT2D eigenvalue weighted by Crippen LogP contribution is 2.25. The number of nitrogens with zero attached hydrogens (tertiary/aromatic N) is 3. The second-order valence-electron chi connectivity index (χ2n) is 5.04. The summed E-state index contributed by atoms with van der Waals surface area (Å²) < 4.78 is 6.45. The Bertz CT molecular complexity index is 795. The molecule has 2 rings (SSSR count). The Balaban J connectivity index is 2.02. The number of halogens is 2. The zero-order valence-corrected chi connectivity index (χ0v) is 15.9. The maximum Gasteiger partial charge on any atom is 0.343 e. The van der Waals surface area contributed by atoms with Gasteiger partial charge in [-0.2, -0.15) is 0 Å². The van der Waals surface area contributed by atoms with Crippen LogP contribution in [-0.4, -0.2) is 44.6 Å². The number of pyridine rings is 1. The topological polar surface area (TPSA) is 102 Å². The molecule has 8 nitrogen and oxygen atoms in total. The SMILES string of the molecule is COCCCn1c(S[C@@H](C)C(=O)Nc2ncc(Cl)cc2Cl)n[nH]c1=O. The highest BCUT2D eigenvalue weighted by Gasteiger charge is 2.20. The number of thioether (sulfide) groups is 1. The van der Waals surface area contributed by atoms with Crippen molar-refractivity contribution < 1.29 is 9.53 Å². The van der Waals surface area contributed by atoms with Crippen LogP contribution in [0.5, 0.6) is 0 Å². The maximum absolute atomic E-state index is 12.3. The molecule has 0 saturated carbocycles. The molecule has 0 bridgehead atoms. The van der Waals surface area contributed by atoms with E-state index in [4.69, 9.17) is 27.9 Å². The van der Waals surface area contributed by atoms with E-state index < -0.39 is 5.25 Å². The molecule has 0 aliphatic heterocycles. The summed E-state index contributed by atoms with van der Waals surface area (Å²) in [4.78, 5) is 28.1. The Kier molecular flexibility index (Phi) is 7.30. The van der Waals surface area contributed by atoms with E-state index in [2.05, 4.69) is 20.5 Å². The van der Waals surface area contributed by atoms with E-state index in [-0.39, 0.29) is 22.4 Å². The average Bonchev–Trinajstić information content (AvgIpc) is 2.90. The minimum Gasteiger partial charge on any atom is -0.385 e. The normalized spacial score (nSPS) is 12.2. The van der Waals surface area contributed by atoms with Crippen LogP contribution in [0.2, 0.25) is 10.0 Å². The molecule has 0 fully saturated rings. The Morgan fingerprint density at radius 1 is 1.52 bits per heavy atom. The molecular formula is C14H17Cl2N5O3S. The Morgan fingerprint density at radius 3 is 2.96 bits per heavy atom. The second-order valence-corrected chi connectivity index (χ2v) is 7.19. The van der Waals surface area contributed by atoms with Crippen LogP contribution < -0.4 is 11.0 Å². The Labute approximate surface area is 158 Å². The molecule has 0 radical (unpaired) electrons. The van der Waals surface area contributed by atoms with Crippen LogP contribution in [0.15, 0.2) is 22.2 Å².